The number of hydrogen-bond acceptors (Lipinski definition) is 4. The van der Waals surface area contributed by atoms with Crippen molar-refractivity contribution in [1.82, 2.24) is 14.5 Å². The van der Waals surface area contributed by atoms with Crippen molar-refractivity contribution in [3.8, 4) is 17.3 Å². The monoisotopic (exact) mass is 421 g/mol. The molecule has 5 rings (SSSR count). The van der Waals surface area contributed by atoms with Gasteiger partial charge in [0.25, 0.3) is 0 Å². The lowest BCUT2D eigenvalue weighted by Gasteiger charge is -2.32. The molecule has 4 aromatic rings. The van der Waals surface area contributed by atoms with Crippen LogP contribution in [0.3, 0.4) is 0 Å². The Labute approximate surface area is 188 Å². The molecule has 32 heavy (non-hydrogen) atoms. The van der Waals surface area contributed by atoms with Gasteiger partial charge in [-0.25, -0.2) is 4.98 Å². The van der Waals surface area contributed by atoms with E-state index in [0.717, 1.165) is 28.1 Å². The van der Waals surface area contributed by atoms with Gasteiger partial charge in [0, 0.05) is 12.6 Å². The lowest BCUT2D eigenvalue weighted by molar-refractivity contribution is 0.285. The Morgan fingerprint density at radius 3 is 2.59 bits per heavy atom. The molecule has 0 aliphatic heterocycles. The second kappa shape index (κ2) is 8.47. The van der Waals surface area contributed by atoms with Crippen molar-refractivity contribution in [2.45, 2.75) is 45.7 Å². The largest absolute Gasteiger partial charge is 0.365 e. The van der Waals surface area contributed by atoms with E-state index in [1.807, 2.05) is 6.07 Å². The Kier molecular flexibility index (Phi) is 5.36. The van der Waals surface area contributed by atoms with Gasteiger partial charge in [-0.1, -0.05) is 60.5 Å². The third-order valence-corrected chi connectivity index (χ3v) is 6.56. The van der Waals surface area contributed by atoms with Gasteiger partial charge in [0.05, 0.1) is 11.2 Å². The summed E-state index contributed by atoms with van der Waals surface area (Å²) >= 11 is 0. The zero-order valence-electron chi connectivity index (χ0n) is 18.5. The molecule has 1 fully saturated rings. The molecule has 0 amide bonds. The van der Waals surface area contributed by atoms with E-state index in [9.17, 15) is 5.26 Å². The molecule has 1 atom stereocenters. The highest BCUT2D eigenvalue weighted by Crippen LogP contribution is 2.35. The van der Waals surface area contributed by atoms with Crippen molar-refractivity contribution in [2.24, 2.45) is 5.92 Å². The van der Waals surface area contributed by atoms with Gasteiger partial charge in [-0.15, -0.1) is 0 Å². The maximum absolute atomic E-state index is 9.58. The van der Waals surface area contributed by atoms with Gasteiger partial charge >= 0.3 is 0 Å². The van der Waals surface area contributed by atoms with Crippen LogP contribution < -0.4 is 5.32 Å². The summed E-state index contributed by atoms with van der Waals surface area (Å²) in [4.78, 5) is 9.20. The lowest BCUT2D eigenvalue weighted by Crippen LogP contribution is -2.31. The van der Waals surface area contributed by atoms with Crippen LogP contribution in [0.1, 0.15) is 43.1 Å². The molecule has 2 heterocycles. The summed E-state index contributed by atoms with van der Waals surface area (Å²) in [5.41, 5.74) is 6.38. The van der Waals surface area contributed by atoms with Crippen molar-refractivity contribution in [1.29, 1.82) is 5.26 Å². The Hall–Kier alpha value is -3.65. The van der Waals surface area contributed by atoms with Crippen molar-refractivity contribution < 1.29 is 0 Å². The number of rotatable bonds is 6. The van der Waals surface area contributed by atoms with Gasteiger partial charge in [-0.2, -0.15) is 10.2 Å². The smallest absolute Gasteiger partial charge is 0.234 e. The molecule has 0 bridgehead atoms. The van der Waals surface area contributed by atoms with Crippen molar-refractivity contribution >= 4 is 16.9 Å². The highest BCUT2D eigenvalue weighted by Gasteiger charge is 2.26. The van der Waals surface area contributed by atoms with Crippen LogP contribution in [0.25, 0.3) is 22.3 Å². The molecule has 1 saturated carbocycles. The van der Waals surface area contributed by atoms with Gasteiger partial charge in [0.15, 0.2) is 5.82 Å². The number of anilines is 1. The summed E-state index contributed by atoms with van der Waals surface area (Å²) in [5.74, 6) is 1.61. The molecular formula is C27H27N5. The summed E-state index contributed by atoms with van der Waals surface area (Å²) in [6.07, 6.45) is 3.78. The fourth-order valence-corrected chi connectivity index (χ4v) is 4.56. The summed E-state index contributed by atoms with van der Waals surface area (Å²) in [5, 5.41) is 13.2. The van der Waals surface area contributed by atoms with Crippen molar-refractivity contribution in [2.75, 3.05) is 5.32 Å². The third-order valence-electron chi connectivity index (χ3n) is 6.56. The fourth-order valence-electron chi connectivity index (χ4n) is 4.56. The molecule has 0 spiro atoms. The molecule has 2 aromatic carbocycles. The number of nitrogens with zero attached hydrogens (tertiary/aromatic N) is 4. The van der Waals surface area contributed by atoms with Crippen LogP contribution in [0.5, 0.6) is 0 Å². The molecule has 1 N–H and O–H groups in total. The quantitative estimate of drug-likeness (QED) is 0.419. The van der Waals surface area contributed by atoms with E-state index in [1.165, 1.54) is 30.4 Å². The molecule has 5 nitrogen and oxygen atoms in total. The Bertz CT molecular complexity index is 1300. The highest BCUT2D eigenvalue weighted by atomic mass is 15.1. The SMILES string of the molecule is Cc1cccc(-c2cc3nc(C#N)nc(NC(C)C4CCC4)c3n2Cc2ccccc2)c1. The molecule has 5 heteroatoms. The van der Waals surface area contributed by atoms with Crippen LogP contribution in [0, 0.1) is 24.2 Å². The molecule has 1 aliphatic carbocycles. The second-order valence-corrected chi connectivity index (χ2v) is 8.84. The van der Waals surface area contributed by atoms with Gasteiger partial charge in [0.1, 0.15) is 11.6 Å². The Balaban J connectivity index is 1.71. The van der Waals surface area contributed by atoms with Crippen LogP contribution in [0.2, 0.25) is 0 Å². The van der Waals surface area contributed by atoms with Gasteiger partial charge in [-0.05, 0) is 55.9 Å². The number of benzene rings is 2. The standard InChI is InChI=1S/C27H27N5/c1-18-8-6-13-22(14-18)24-15-23-26(32(24)17-20-9-4-3-5-10-20)27(31-25(16-28)30-23)29-19(2)21-11-7-12-21/h3-6,8-10,13-15,19,21H,7,11-12,17H2,1-2H3,(H,29,30,31). The fraction of sp³-hybridized carbons (Fsp3) is 0.296. The van der Waals surface area contributed by atoms with E-state index < -0.39 is 0 Å². The first-order chi connectivity index (χ1) is 15.6. The van der Waals surface area contributed by atoms with Crippen molar-refractivity contribution in [3.05, 3.63) is 77.6 Å². The van der Waals surface area contributed by atoms with Crippen LogP contribution in [-0.4, -0.2) is 20.6 Å². The zero-order valence-corrected chi connectivity index (χ0v) is 18.5. The van der Waals surface area contributed by atoms with E-state index in [-0.39, 0.29) is 5.82 Å². The molecular weight excluding hydrogens is 394 g/mol. The maximum atomic E-state index is 9.58. The van der Waals surface area contributed by atoms with Gasteiger partial charge in [0.2, 0.25) is 5.82 Å². The molecule has 1 unspecified atom stereocenters. The van der Waals surface area contributed by atoms with Gasteiger partial charge in [-0.3, -0.25) is 0 Å². The Morgan fingerprint density at radius 1 is 1.09 bits per heavy atom. The van der Waals surface area contributed by atoms with Crippen LogP contribution in [0.4, 0.5) is 5.82 Å². The van der Waals surface area contributed by atoms with Crippen molar-refractivity contribution in [3.63, 3.8) is 0 Å². The van der Waals surface area contributed by atoms with Crippen LogP contribution in [-0.2, 0) is 6.54 Å². The molecule has 2 aromatic heterocycles. The van der Waals surface area contributed by atoms with Crippen LogP contribution in [0.15, 0.2) is 60.7 Å². The van der Waals surface area contributed by atoms with Gasteiger partial charge < -0.3 is 9.88 Å². The normalized spacial score (nSPS) is 14.7. The number of nitriles is 1. The summed E-state index contributed by atoms with van der Waals surface area (Å²) in [6.45, 7) is 5.03. The summed E-state index contributed by atoms with van der Waals surface area (Å²) in [6, 6.07) is 23.5. The third kappa shape index (κ3) is 3.85. The minimum atomic E-state index is 0.202. The molecule has 0 radical (unpaired) electrons. The zero-order chi connectivity index (χ0) is 22.1. The Morgan fingerprint density at radius 2 is 1.91 bits per heavy atom. The molecule has 160 valence electrons. The first kappa shape index (κ1) is 20.3. The summed E-state index contributed by atoms with van der Waals surface area (Å²) in [7, 11) is 0. The summed E-state index contributed by atoms with van der Waals surface area (Å²) < 4.78 is 2.29. The average molecular weight is 422 g/mol. The number of fused-ring (bicyclic) bond motifs is 1. The average Bonchev–Trinajstić information content (AvgIpc) is 3.11. The number of hydrogen-bond donors (Lipinski definition) is 1. The minimum absolute atomic E-state index is 0.202. The minimum Gasteiger partial charge on any atom is -0.365 e. The lowest BCUT2D eigenvalue weighted by atomic mass is 9.80. The predicted molar refractivity (Wildman–Crippen MR) is 128 cm³/mol. The van der Waals surface area contributed by atoms with E-state index in [4.69, 9.17) is 0 Å². The predicted octanol–water partition coefficient (Wildman–Crippen LogP) is 5.93. The first-order valence-corrected chi connectivity index (χ1v) is 11.3. The van der Waals surface area contributed by atoms with E-state index in [0.29, 0.717) is 18.5 Å². The molecule has 0 saturated heterocycles. The number of nitrogens with one attached hydrogen (secondary N) is 1. The molecule has 1 aliphatic rings. The van der Waals surface area contributed by atoms with E-state index >= 15 is 0 Å². The van der Waals surface area contributed by atoms with E-state index in [2.05, 4.69) is 94.4 Å². The highest BCUT2D eigenvalue weighted by molar-refractivity contribution is 5.92. The van der Waals surface area contributed by atoms with E-state index in [1.54, 1.807) is 0 Å². The topological polar surface area (TPSA) is 66.5 Å². The first-order valence-electron chi connectivity index (χ1n) is 11.3. The van der Waals surface area contributed by atoms with Crippen LogP contribution >= 0.6 is 0 Å². The second-order valence-electron chi connectivity index (χ2n) is 8.84. The maximum Gasteiger partial charge on any atom is 0.234 e. The number of aryl methyl sites for hydroxylation is 1. The number of aromatic nitrogens is 3.